The van der Waals surface area contributed by atoms with Crippen LogP contribution in [0.25, 0.3) is 0 Å². The molecule has 3 nitrogen and oxygen atoms in total. The van der Waals surface area contributed by atoms with Gasteiger partial charge in [-0.25, -0.2) is 0 Å². The molecule has 0 aromatic heterocycles. The predicted molar refractivity (Wildman–Crippen MR) is 75.9 cm³/mol. The van der Waals surface area contributed by atoms with Crippen molar-refractivity contribution < 1.29 is 9.90 Å². The number of para-hydroxylation sites is 1. The fourth-order valence-corrected chi connectivity index (χ4v) is 1.98. The zero-order valence-electron chi connectivity index (χ0n) is 10.9. The molecule has 0 saturated heterocycles. The minimum atomic E-state index is -0.0824. The molecule has 0 radical (unpaired) electrons. The van der Waals surface area contributed by atoms with Crippen LogP contribution in [0.2, 0.25) is 0 Å². The maximum absolute atomic E-state index is 12.0. The Hall–Kier alpha value is -2.13. The van der Waals surface area contributed by atoms with Gasteiger partial charge in [0.25, 0.3) is 0 Å². The molecule has 0 atom stereocenters. The molecule has 19 heavy (non-hydrogen) atoms. The van der Waals surface area contributed by atoms with Crippen LogP contribution in [-0.4, -0.2) is 11.0 Å². The quantitative estimate of drug-likeness (QED) is 0.882. The van der Waals surface area contributed by atoms with Crippen LogP contribution in [0, 0.1) is 6.92 Å². The Morgan fingerprint density at radius 3 is 2.68 bits per heavy atom. The number of amides is 1. The van der Waals surface area contributed by atoms with E-state index >= 15 is 0 Å². The topological polar surface area (TPSA) is 49.3 Å². The molecule has 0 saturated carbocycles. The van der Waals surface area contributed by atoms with E-state index in [9.17, 15) is 9.90 Å². The third-order valence-electron chi connectivity index (χ3n) is 2.91. The third kappa shape index (κ3) is 3.66. The molecular weight excluding hydrogens is 238 g/mol. The van der Waals surface area contributed by atoms with Crippen LogP contribution in [0.15, 0.2) is 48.5 Å². The Labute approximate surface area is 112 Å². The van der Waals surface area contributed by atoms with Crippen molar-refractivity contribution in [2.45, 2.75) is 20.0 Å². The first kappa shape index (κ1) is 13.3. The summed E-state index contributed by atoms with van der Waals surface area (Å²) in [6.45, 7) is 1.92. The number of benzene rings is 2. The van der Waals surface area contributed by atoms with Gasteiger partial charge in [-0.2, -0.15) is 0 Å². The van der Waals surface area contributed by atoms with E-state index in [0.717, 1.165) is 16.7 Å². The van der Waals surface area contributed by atoms with Gasteiger partial charge in [0.1, 0.15) is 0 Å². The first-order chi connectivity index (χ1) is 9.19. The highest BCUT2D eigenvalue weighted by molar-refractivity contribution is 5.92. The number of hydrogen-bond acceptors (Lipinski definition) is 2. The van der Waals surface area contributed by atoms with E-state index in [-0.39, 0.29) is 12.5 Å². The lowest BCUT2D eigenvalue weighted by molar-refractivity contribution is -0.115. The van der Waals surface area contributed by atoms with Gasteiger partial charge in [0.2, 0.25) is 5.91 Å². The summed E-state index contributed by atoms with van der Waals surface area (Å²) in [5, 5.41) is 12.0. The van der Waals surface area contributed by atoms with Crippen LogP contribution >= 0.6 is 0 Å². The molecule has 2 N–H and O–H groups in total. The minimum Gasteiger partial charge on any atom is -0.392 e. The lowest BCUT2D eigenvalue weighted by Gasteiger charge is -2.09. The van der Waals surface area contributed by atoms with Crippen molar-refractivity contribution in [3.63, 3.8) is 0 Å². The Morgan fingerprint density at radius 1 is 1.16 bits per heavy atom. The van der Waals surface area contributed by atoms with Crippen LogP contribution in [0.5, 0.6) is 0 Å². The van der Waals surface area contributed by atoms with Gasteiger partial charge in [-0.3, -0.25) is 4.79 Å². The number of aliphatic hydroxyl groups is 1. The first-order valence-corrected chi connectivity index (χ1v) is 6.23. The lowest BCUT2D eigenvalue weighted by atomic mass is 10.1. The van der Waals surface area contributed by atoms with Crippen molar-refractivity contribution in [3.8, 4) is 0 Å². The molecular formula is C16H17NO2. The largest absolute Gasteiger partial charge is 0.392 e. The Kier molecular flexibility index (Phi) is 4.31. The molecule has 0 bridgehead atoms. The molecule has 2 rings (SSSR count). The van der Waals surface area contributed by atoms with Crippen LogP contribution in [-0.2, 0) is 17.8 Å². The fourth-order valence-electron chi connectivity index (χ4n) is 1.98. The van der Waals surface area contributed by atoms with E-state index in [1.165, 1.54) is 0 Å². The highest BCUT2D eigenvalue weighted by Crippen LogP contribution is 2.15. The Morgan fingerprint density at radius 2 is 1.95 bits per heavy atom. The monoisotopic (exact) mass is 255 g/mol. The van der Waals surface area contributed by atoms with Gasteiger partial charge in [0.05, 0.1) is 13.0 Å². The van der Waals surface area contributed by atoms with Crippen LogP contribution in [0.4, 0.5) is 5.69 Å². The average Bonchev–Trinajstić information content (AvgIpc) is 2.39. The van der Waals surface area contributed by atoms with Crippen molar-refractivity contribution in [1.29, 1.82) is 0 Å². The van der Waals surface area contributed by atoms with Crippen LogP contribution in [0.3, 0.4) is 0 Å². The average molecular weight is 255 g/mol. The predicted octanol–water partition coefficient (Wildman–Crippen LogP) is 2.67. The maximum atomic E-state index is 12.0. The van der Waals surface area contributed by atoms with E-state index in [0.29, 0.717) is 12.1 Å². The van der Waals surface area contributed by atoms with Gasteiger partial charge in [-0.15, -0.1) is 0 Å². The Balaban J connectivity index is 2.05. The Bertz CT molecular complexity index is 578. The second-order valence-corrected chi connectivity index (χ2v) is 4.53. The second kappa shape index (κ2) is 6.16. The number of aryl methyl sites for hydroxylation is 1. The molecule has 2 aromatic carbocycles. The van der Waals surface area contributed by atoms with E-state index in [4.69, 9.17) is 0 Å². The molecule has 3 heteroatoms. The highest BCUT2D eigenvalue weighted by Gasteiger charge is 2.07. The summed E-state index contributed by atoms with van der Waals surface area (Å²) in [4.78, 5) is 12.0. The molecule has 0 unspecified atom stereocenters. The number of nitrogens with one attached hydrogen (secondary N) is 1. The summed E-state index contributed by atoms with van der Waals surface area (Å²) in [6, 6.07) is 15.1. The van der Waals surface area contributed by atoms with E-state index in [1.807, 2.05) is 43.3 Å². The molecule has 98 valence electrons. The van der Waals surface area contributed by atoms with Crippen LogP contribution < -0.4 is 5.32 Å². The van der Waals surface area contributed by atoms with E-state index < -0.39 is 0 Å². The molecule has 0 heterocycles. The summed E-state index contributed by atoms with van der Waals surface area (Å²) in [5.41, 5.74) is 3.52. The molecule has 1 amide bonds. The SMILES string of the molecule is Cc1cccc(CC(=O)Nc2ccccc2CO)c1. The van der Waals surface area contributed by atoms with Gasteiger partial charge in [-0.05, 0) is 18.6 Å². The van der Waals surface area contributed by atoms with Crippen LogP contribution in [0.1, 0.15) is 16.7 Å². The van der Waals surface area contributed by atoms with Gasteiger partial charge in [0, 0.05) is 11.3 Å². The number of carbonyl (C=O) groups is 1. The molecule has 2 aromatic rings. The number of carbonyl (C=O) groups excluding carboxylic acids is 1. The second-order valence-electron chi connectivity index (χ2n) is 4.53. The van der Waals surface area contributed by atoms with Crippen molar-refractivity contribution >= 4 is 11.6 Å². The summed E-state index contributed by atoms with van der Waals surface area (Å²) in [6.07, 6.45) is 0.335. The van der Waals surface area contributed by atoms with Gasteiger partial charge >= 0.3 is 0 Å². The lowest BCUT2D eigenvalue weighted by Crippen LogP contribution is -2.15. The maximum Gasteiger partial charge on any atom is 0.228 e. The standard InChI is InChI=1S/C16H17NO2/c1-12-5-4-6-13(9-12)10-16(19)17-15-8-3-2-7-14(15)11-18/h2-9,18H,10-11H2,1H3,(H,17,19). The molecule has 0 fully saturated rings. The van der Waals surface area contributed by atoms with E-state index in [1.54, 1.807) is 12.1 Å². The summed E-state index contributed by atoms with van der Waals surface area (Å²) in [7, 11) is 0. The smallest absolute Gasteiger partial charge is 0.228 e. The van der Waals surface area contributed by atoms with Gasteiger partial charge in [-0.1, -0.05) is 48.0 Å². The summed E-state index contributed by atoms with van der Waals surface area (Å²) < 4.78 is 0. The van der Waals surface area contributed by atoms with Crippen molar-refractivity contribution in [2.75, 3.05) is 5.32 Å². The molecule has 0 aliphatic carbocycles. The number of aliphatic hydroxyl groups excluding tert-OH is 1. The van der Waals surface area contributed by atoms with Crippen molar-refractivity contribution in [3.05, 3.63) is 65.2 Å². The normalized spacial score (nSPS) is 10.2. The fraction of sp³-hybridized carbons (Fsp3) is 0.188. The number of rotatable bonds is 4. The third-order valence-corrected chi connectivity index (χ3v) is 2.91. The first-order valence-electron chi connectivity index (χ1n) is 6.23. The molecule has 0 aliphatic heterocycles. The van der Waals surface area contributed by atoms with Crippen molar-refractivity contribution in [1.82, 2.24) is 0 Å². The number of hydrogen-bond donors (Lipinski definition) is 2. The zero-order valence-corrected chi connectivity index (χ0v) is 10.9. The summed E-state index contributed by atoms with van der Waals surface area (Å²) in [5.74, 6) is -0.0773. The van der Waals surface area contributed by atoms with Crippen molar-refractivity contribution in [2.24, 2.45) is 0 Å². The zero-order chi connectivity index (χ0) is 13.7. The number of anilines is 1. The van der Waals surface area contributed by atoms with Gasteiger partial charge < -0.3 is 10.4 Å². The highest BCUT2D eigenvalue weighted by atomic mass is 16.3. The molecule has 0 spiro atoms. The van der Waals surface area contributed by atoms with E-state index in [2.05, 4.69) is 5.32 Å². The van der Waals surface area contributed by atoms with Gasteiger partial charge in [0.15, 0.2) is 0 Å². The summed E-state index contributed by atoms with van der Waals surface area (Å²) >= 11 is 0. The minimum absolute atomic E-state index is 0.0773. The molecule has 0 aliphatic rings.